The number of rotatable bonds is 5. The Bertz CT molecular complexity index is 399. The second kappa shape index (κ2) is 5.71. The largest absolute Gasteiger partial charge is 0.481 e. The molecular formula is C14H21NO2. The van der Waals surface area contributed by atoms with Gasteiger partial charge in [-0.2, -0.15) is 0 Å². The van der Waals surface area contributed by atoms with Gasteiger partial charge in [0.15, 0.2) is 0 Å². The zero-order valence-electron chi connectivity index (χ0n) is 10.9. The number of carboxylic acid groups (broad SMARTS) is 1. The molecular weight excluding hydrogens is 214 g/mol. The smallest absolute Gasteiger partial charge is 0.308 e. The molecule has 0 aliphatic heterocycles. The molecule has 1 rings (SSSR count). The topological polar surface area (TPSA) is 49.3 Å². The first-order valence-electron chi connectivity index (χ1n) is 5.95. The Morgan fingerprint density at radius 3 is 2.47 bits per heavy atom. The molecule has 0 aliphatic carbocycles. The molecule has 3 nitrogen and oxygen atoms in total. The number of carbonyl (C=O) groups is 1. The quantitative estimate of drug-likeness (QED) is 0.824. The number of hydrogen-bond acceptors (Lipinski definition) is 2. The Morgan fingerprint density at radius 1 is 1.35 bits per heavy atom. The zero-order chi connectivity index (χ0) is 13.0. The first kappa shape index (κ1) is 13.6. The zero-order valence-corrected chi connectivity index (χ0v) is 10.9. The van der Waals surface area contributed by atoms with E-state index < -0.39 is 5.97 Å². The van der Waals surface area contributed by atoms with E-state index in [4.69, 9.17) is 5.11 Å². The molecule has 0 aliphatic rings. The molecule has 1 unspecified atom stereocenters. The number of benzene rings is 1. The predicted molar refractivity (Wildman–Crippen MR) is 70.4 cm³/mol. The molecule has 17 heavy (non-hydrogen) atoms. The van der Waals surface area contributed by atoms with Crippen LogP contribution in [0, 0.1) is 25.7 Å². The molecule has 94 valence electrons. The maximum absolute atomic E-state index is 11.1. The fourth-order valence-corrected chi connectivity index (χ4v) is 1.84. The molecule has 0 heterocycles. The first-order chi connectivity index (χ1) is 7.91. The molecule has 0 aromatic heterocycles. The number of hydrogen-bond donors (Lipinski definition) is 2. The van der Waals surface area contributed by atoms with Gasteiger partial charge in [-0.25, -0.2) is 0 Å². The van der Waals surface area contributed by atoms with Gasteiger partial charge >= 0.3 is 5.97 Å². The van der Waals surface area contributed by atoms with Gasteiger partial charge in [-0.1, -0.05) is 31.5 Å². The van der Waals surface area contributed by atoms with Gasteiger partial charge in [0.25, 0.3) is 0 Å². The molecule has 0 saturated carbocycles. The van der Waals surface area contributed by atoms with Crippen molar-refractivity contribution in [2.75, 3.05) is 11.9 Å². The predicted octanol–water partition coefficient (Wildman–Crippen LogP) is 3.07. The van der Waals surface area contributed by atoms with Crippen molar-refractivity contribution in [3.8, 4) is 0 Å². The van der Waals surface area contributed by atoms with Crippen LogP contribution < -0.4 is 5.32 Å². The van der Waals surface area contributed by atoms with Gasteiger partial charge in [0.05, 0.1) is 5.92 Å². The van der Waals surface area contributed by atoms with Crippen molar-refractivity contribution in [1.29, 1.82) is 0 Å². The molecule has 0 bridgehead atoms. The van der Waals surface area contributed by atoms with Gasteiger partial charge in [0.2, 0.25) is 0 Å². The van der Waals surface area contributed by atoms with Crippen LogP contribution in [-0.2, 0) is 4.79 Å². The molecule has 1 aromatic rings. The van der Waals surface area contributed by atoms with E-state index in [-0.39, 0.29) is 11.8 Å². The number of aryl methyl sites for hydroxylation is 2. The summed E-state index contributed by atoms with van der Waals surface area (Å²) in [5.74, 6) is -0.960. The third-order valence-corrected chi connectivity index (χ3v) is 3.02. The van der Waals surface area contributed by atoms with Crippen molar-refractivity contribution in [3.05, 3.63) is 29.3 Å². The SMILES string of the molecule is Cc1ccc(NCC(C(=O)O)C(C)C)c(C)c1. The summed E-state index contributed by atoms with van der Waals surface area (Å²) in [5, 5.41) is 12.3. The van der Waals surface area contributed by atoms with E-state index in [0.29, 0.717) is 6.54 Å². The second-order valence-corrected chi connectivity index (χ2v) is 4.89. The fraction of sp³-hybridized carbons (Fsp3) is 0.500. The van der Waals surface area contributed by atoms with E-state index in [1.165, 1.54) is 5.56 Å². The average molecular weight is 235 g/mol. The van der Waals surface area contributed by atoms with Gasteiger partial charge in [-0.05, 0) is 31.4 Å². The summed E-state index contributed by atoms with van der Waals surface area (Å²) in [4.78, 5) is 11.1. The van der Waals surface area contributed by atoms with Gasteiger partial charge in [0, 0.05) is 12.2 Å². The summed E-state index contributed by atoms with van der Waals surface area (Å²) < 4.78 is 0. The summed E-state index contributed by atoms with van der Waals surface area (Å²) in [7, 11) is 0. The van der Waals surface area contributed by atoms with Crippen LogP contribution in [0.2, 0.25) is 0 Å². The van der Waals surface area contributed by atoms with E-state index in [0.717, 1.165) is 11.3 Å². The first-order valence-corrected chi connectivity index (χ1v) is 5.95. The van der Waals surface area contributed by atoms with Crippen molar-refractivity contribution in [1.82, 2.24) is 0 Å². The van der Waals surface area contributed by atoms with E-state index in [1.54, 1.807) is 0 Å². The Balaban J connectivity index is 2.69. The minimum absolute atomic E-state index is 0.130. The fourth-order valence-electron chi connectivity index (χ4n) is 1.84. The number of anilines is 1. The standard InChI is InChI=1S/C14H21NO2/c1-9(2)12(14(16)17)8-15-13-6-5-10(3)7-11(13)4/h5-7,9,12,15H,8H2,1-4H3,(H,16,17). The van der Waals surface area contributed by atoms with Gasteiger partial charge in [0.1, 0.15) is 0 Å². The summed E-state index contributed by atoms with van der Waals surface area (Å²) >= 11 is 0. The highest BCUT2D eigenvalue weighted by Crippen LogP contribution is 2.18. The third-order valence-electron chi connectivity index (χ3n) is 3.02. The van der Waals surface area contributed by atoms with Crippen LogP contribution in [0.15, 0.2) is 18.2 Å². The third kappa shape index (κ3) is 3.77. The molecule has 0 radical (unpaired) electrons. The average Bonchev–Trinajstić information content (AvgIpc) is 2.20. The van der Waals surface area contributed by atoms with Gasteiger partial charge < -0.3 is 10.4 Å². The van der Waals surface area contributed by atoms with Crippen LogP contribution in [0.25, 0.3) is 0 Å². The van der Waals surface area contributed by atoms with Crippen LogP contribution in [0.5, 0.6) is 0 Å². The molecule has 1 atom stereocenters. The Labute approximate surface area is 103 Å². The summed E-state index contributed by atoms with van der Waals surface area (Å²) in [6.45, 7) is 8.41. The summed E-state index contributed by atoms with van der Waals surface area (Å²) in [6.07, 6.45) is 0. The molecule has 2 N–H and O–H groups in total. The Morgan fingerprint density at radius 2 is 2.00 bits per heavy atom. The van der Waals surface area contributed by atoms with Crippen LogP contribution in [0.4, 0.5) is 5.69 Å². The number of aliphatic carboxylic acids is 1. The van der Waals surface area contributed by atoms with Crippen molar-refractivity contribution in [2.24, 2.45) is 11.8 Å². The van der Waals surface area contributed by atoms with Gasteiger partial charge in [-0.3, -0.25) is 4.79 Å². The highest BCUT2D eigenvalue weighted by Gasteiger charge is 2.21. The van der Waals surface area contributed by atoms with Crippen LogP contribution in [0.1, 0.15) is 25.0 Å². The number of carboxylic acids is 1. The monoisotopic (exact) mass is 235 g/mol. The highest BCUT2D eigenvalue weighted by molar-refractivity contribution is 5.71. The van der Waals surface area contributed by atoms with E-state index in [1.807, 2.05) is 39.8 Å². The molecule has 0 amide bonds. The minimum Gasteiger partial charge on any atom is -0.481 e. The van der Waals surface area contributed by atoms with Crippen LogP contribution in [0.3, 0.4) is 0 Å². The lowest BCUT2D eigenvalue weighted by molar-refractivity contribution is -0.142. The van der Waals surface area contributed by atoms with Crippen molar-refractivity contribution < 1.29 is 9.90 Å². The lowest BCUT2D eigenvalue weighted by Crippen LogP contribution is -2.27. The van der Waals surface area contributed by atoms with E-state index in [9.17, 15) is 4.79 Å². The summed E-state index contributed by atoms with van der Waals surface area (Å²) in [6, 6.07) is 6.12. The summed E-state index contributed by atoms with van der Waals surface area (Å²) in [5.41, 5.74) is 3.38. The lowest BCUT2D eigenvalue weighted by atomic mass is 9.96. The van der Waals surface area contributed by atoms with Crippen LogP contribution >= 0.6 is 0 Å². The highest BCUT2D eigenvalue weighted by atomic mass is 16.4. The maximum Gasteiger partial charge on any atom is 0.308 e. The Hall–Kier alpha value is -1.51. The normalized spacial score (nSPS) is 12.5. The Kier molecular flexibility index (Phi) is 4.55. The minimum atomic E-state index is -0.739. The number of nitrogens with one attached hydrogen (secondary N) is 1. The molecule has 0 saturated heterocycles. The van der Waals surface area contributed by atoms with Gasteiger partial charge in [-0.15, -0.1) is 0 Å². The van der Waals surface area contributed by atoms with Crippen LogP contribution in [-0.4, -0.2) is 17.6 Å². The van der Waals surface area contributed by atoms with E-state index >= 15 is 0 Å². The maximum atomic E-state index is 11.1. The molecule has 0 spiro atoms. The second-order valence-electron chi connectivity index (χ2n) is 4.89. The molecule has 1 aromatic carbocycles. The lowest BCUT2D eigenvalue weighted by Gasteiger charge is -2.18. The van der Waals surface area contributed by atoms with Crippen molar-refractivity contribution in [2.45, 2.75) is 27.7 Å². The molecule has 3 heteroatoms. The molecule has 0 fully saturated rings. The van der Waals surface area contributed by atoms with E-state index in [2.05, 4.69) is 11.4 Å². The van der Waals surface area contributed by atoms with Crippen molar-refractivity contribution >= 4 is 11.7 Å². The van der Waals surface area contributed by atoms with Crippen molar-refractivity contribution in [3.63, 3.8) is 0 Å².